The highest BCUT2D eigenvalue weighted by molar-refractivity contribution is 5.95. The summed E-state index contributed by atoms with van der Waals surface area (Å²) in [5.74, 6) is 0.650. The molecule has 0 aliphatic carbocycles. The molecule has 0 spiro atoms. The summed E-state index contributed by atoms with van der Waals surface area (Å²) >= 11 is 0. The molecule has 1 N–H and O–H groups in total. The third kappa shape index (κ3) is 4.44. The molecule has 0 aliphatic rings. The van der Waals surface area contributed by atoms with E-state index in [1.54, 1.807) is 55.6 Å². The van der Waals surface area contributed by atoms with Gasteiger partial charge in [-0.15, -0.1) is 0 Å². The maximum Gasteiger partial charge on any atom is 0.270 e. The topological polar surface area (TPSA) is 71.3 Å². The first kappa shape index (κ1) is 18.0. The van der Waals surface area contributed by atoms with E-state index in [1.165, 1.54) is 0 Å². The minimum atomic E-state index is -0.910. The number of hydrogen-bond acceptors (Lipinski definition) is 4. The van der Waals surface area contributed by atoms with Crippen molar-refractivity contribution in [2.75, 3.05) is 12.4 Å². The SMILES string of the molecule is COc1cccc(NC(=O)C(Oc2ccccc2C#N)c2ccccc2)c1. The lowest BCUT2D eigenvalue weighted by atomic mass is 10.1. The first-order chi connectivity index (χ1) is 13.2. The van der Waals surface area contributed by atoms with Crippen molar-refractivity contribution in [3.63, 3.8) is 0 Å². The number of methoxy groups -OCH3 is 1. The smallest absolute Gasteiger partial charge is 0.270 e. The Kier molecular flexibility index (Phi) is 5.70. The maximum absolute atomic E-state index is 13.0. The van der Waals surface area contributed by atoms with Gasteiger partial charge in [0.15, 0.2) is 0 Å². The number of hydrogen-bond donors (Lipinski definition) is 1. The quantitative estimate of drug-likeness (QED) is 0.712. The molecule has 1 unspecified atom stereocenters. The largest absolute Gasteiger partial charge is 0.497 e. The van der Waals surface area contributed by atoms with E-state index in [1.807, 2.05) is 30.3 Å². The zero-order chi connectivity index (χ0) is 19.1. The molecule has 0 saturated carbocycles. The Morgan fingerprint density at radius 3 is 2.48 bits per heavy atom. The number of nitrogens with zero attached hydrogens (tertiary/aromatic N) is 1. The first-order valence-corrected chi connectivity index (χ1v) is 8.37. The van der Waals surface area contributed by atoms with Crippen LogP contribution in [0, 0.1) is 11.3 Å². The molecule has 0 radical (unpaired) electrons. The first-order valence-electron chi connectivity index (χ1n) is 8.37. The molecular formula is C22H18N2O3. The molecule has 1 amide bonds. The predicted octanol–water partition coefficient (Wildman–Crippen LogP) is 4.33. The van der Waals surface area contributed by atoms with Crippen LogP contribution < -0.4 is 14.8 Å². The highest BCUT2D eigenvalue weighted by atomic mass is 16.5. The monoisotopic (exact) mass is 358 g/mol. The Balaban J connectivity index is 1.90. The van der Waals surface area contributed by atoms with E-state index in [2.05, 4.69) is 11.4 Å². The van der Waals surface area contributed by atoms with Crippen LogP contribution in [0.15, 0.2) is 78.9 Å². The maximum atomic E-state index is 13.0. The highest BCUT2D eigenvalue weighted by Crippen LogP contribution is 2.27. The van der Waals surface area contributed by atoms with E-state index in [0.717, 1.165) is 0 Å². The van der Waals surface area contributed by atoms with E-state index < -0.39 is 6.10 Å². The molecule has 5 nitrogen and oxygen atoms in total. The Hall–Kier alpha value is -3.78. The van der Waals surface area contributed by atoms with Gasteiger partial charge in [-0.2, -0.15) is 5.26 Å². The van der Waals surface area contributed by atoms with Gasteiger partial charge in [-0.25, -0.2) is 0 Å². The van der Waals surface area contributed by atoms with E-state index in [0.29, 0.717) is 28.3 Å². The van der Waals surface area contributed by atoms with Crippen molar-refractivity contribution in [2.45, 2.75) is 6.10 Å². The second-order valence-electron chi connectivity index (χ2n) is 5.74. The molecule has 0 aromatic heterocycles. The molecule has 5 heteroatoms. The summed E-state index contributed by atoms with van der Waals surface area (Å²) in [5.41, 5.74) is 1.65. The molecule has 134 valence electrons. The summed E-state index contributed by atoms with van der Waals surface area (Å²) < 4.78 is 11.1. The van der Waals surface area contributed by atoms with Gasteiger partial charge in [0.25, 0.3) is 5.91 Å². The fourth-order valence-corrected chi connectivity index (χ4v) is 2.60. The van der Waals surface area contributed by atoms with Gasteiger partial charge in [-0.05, 0) is 24.3 Å². The molecule has 3 aromatic rings. The fraction of sp³-hybridized carbons (Fsp3) is 0.0909. The molecule has 0 saturated heterocycles. The number of para-hydroxylation sites is 1. The van der Waals surface area contributed by atoms with E-state index in [9.17, 15) is 10.1 Å². The molecule has 0 aliphatic heterocycles. The molecule has 0 heterocycles. The number of carbonyl (C=O) groups excluding carboxylic acids is 1. The summed E-state index contributed by atoms with van der Waals surface area (Å²) in [7, 11) is 1.57. The number of anilines is 1. The number of ether oxygens (including phenoxy) is 2. The molecule has 3 aromatic carbocycles. The van der Waals surface area contributed by atoms with Crippen molar-refractivity contribution in [1.29, 1.82) is 5.26 Å². The Morgan fingerprint density at radius 1 is 1.00 bits per heavy atom. The third-order valence-electron chi connectivity index (χ3n) is 3.93. The third-order valence-corrected chi connectivity index (χ3v) is 3.93. The number of nitrogens with one attached hydrogen (secondary N) is 1. The number of benzene rings is 3. The van der Waals surface area contributed by atoms with Gasteiger partial charge in [0, 0.05) is 17.3 Å². The number of rotatable bonds is 6. The van der Waals surface area contributed by atoms with Crippen LogP contribution in [0.2, 0.25) is 0 Å². The second kappa shape index (κ2) is 8.54. The second-order valence-corrected chi connectivity index (χ2v) is 5.74. The van der Waals surface area contributed by atoms with Crippen molar-refractivity contribution >= 4 is 11.6 Å². The van der Waals surface area contributed by atoms with E-state index in [4.69, 9.17) is 9.47 Å². The number of nitriles is 1. The van der Waals surface area contributed by atoms with Gasteiger partial charge < -0.3 is 14.8 Å². The van der Waals surface area contributed by atoms with Crippen LogP contribution in [-0.2, 0) is 4.79 Å². The summed E-state index contributed by atoms with van der Waals surface area (Å²) in [5, 5.41) is 12.1. The normalized spacial score (nSPS) is 11.1. The average molecular weight is 358 g/mol. The molecule has 1 atom stereocenters. The lowest BCUT2D eigenvalue weighted by molar-refractivity contribution is -0.123. The zero-order valence-corrected chi connectivity index (χ0v) is 14.8. The Bertz CT molecular complexity index is 965. The van der Waals surface area contributed by atoms with Crippen molar-refractivity contribution in [3.8, 4) is 17.6 Å². The van der Waals surface area contributed by atoms with Crippen LogP contribution >= 0.6 is 0 Å². The highest BCUT2D eigenvalue weighted by Gasteiger charge is 2.24. The van der Waals surface area contributed by atoms with Crippen molar-refractivity contribution < 1.29 is 14.3 Å². The van der Waals surface area contributed by atoms with Crippen LogP contribution in [0.1, 0.15) is 17.2 Å². The van der Waals surface area contributed by atoms with Crippen LogP contribution in [0.5, 0.6) is 11.5 Å². The Morgan fingerprint density at radius 2 is 1.74 bits per heavy atom. The van der Waals surface area contributed by atoms with Gasteiger partial charge in [0.05, 0.1) is 12.7 Å². The lowest BCUT2D eigenvalue weighted by Gasteiger charge is -2.20. The molecular weight excluding hydrogens is 340 g/mol. The predicted molar refractivity (Wildman–Crippen MR) is 103 cm³/mol. The van der Waals surface area contributed by atoms with Crippen molar-refractivity contribution in [3.05, 3.63) is 90.0 Å². The van der Waals surface area contributed by atoms with E-state index in [-0.39, 0.29) is 5.91 Å². The molecule has 0 bridgehead atoms. The minimum absolute atomic E-state index is 0.345. The van der Waals surface area contributed by atoms with Gasteiger partial charge in [0.1, 0.15) is 17.6 Å². The minimum Gasteiger partial charge on any atom is -0.497 e. The van der Waals surface area contributed by atoms with Crippen molar-refractivity contribution in [2.24, 2.45) is 0 Å². The van der Waals surface area contributed by atoms with Crippen molar-refractivity contribution in [1.82, 2.24) is 0 Å². The van der Waals surface area contributed by atoms with Crippen LogP contribution in [-0.4, -0.2) is 13.0 Å². The summed E-state index contributed by atoms with van der Waals surface area (Å²) in [6.45, 7) is 0. The number of amides is 1. The van der Waals surface area contributed by atoms with Crippen LogP contribution in [0.25, 0.3) is 0 Å². The summed E-state index contributed by atoms with van der Waals surface area (Å²) in [4.78, 5) is 13.0. The number of carbonyl (C=O) groups is 1. The molecule has 0 fully saturated rings. The van der Waals surface area contributed by atoms with Gasteiger partial charge in [-0.3, -0.25) is 4.79 Å². The average Bonchev–Trinajstić information content (AvgIpc) is 2.73. The standard InChI is InChI=1S/C22H18N2O3/c1-26-19-12-7-11-18(14-19)24-22(25)21(16-8-3-2-4-9-16)27-20-13-6-5-10-17(20)15-23/h2-14,21H,1H3,(H,24,25). The zero-order valence-electron chi connectivity index (χ0n) is 14.8. The molecule has 27 heavy (non-hydrogen) atoms. The Labute approximate surface area is 157 Å². The fourth-order valence-electron chi connectivity index (χ4n) is 2.60. The van der Waals surface area contributed by atoms with Gasteiger partial charge in [-0.1, -0.05) is 48.5 Å². The van der Waals surface area contributed by atoms with E-state index >= 15 is 0 Å². The molecule has 3 rings (SSSR count). The van der Waals surface area contributed by atoms with Crippen LogP contribution in [0.3, 0.4) is 0 Å². The van der Waals surface area contributed by atoms with Gasteiger partial charge >= 0.3 is 0 Å². The summed E-state index contributed by atoms with van der Waals surface area (Å²) in [6, 6.07) is 25.2. The summed E-state index contributed by atoms with van der Waals surface area (Å²) in [6.07, 6.45) is -0.910. The lowest BCUT2D eigenvalue weighted by Crippen LogP contribution is -2.26. The van der Waals surface area contributed by atoms with Crippen LogP contribution in [0.4, 0.5) is 5.69 Å². The van der Waals surface area contributed by atoms with Gasteiger partial charge in [0.2, 0.25) is 6.10 Å².